The topological polar surface area (TPSA) is 91.7 Å². The number of aromatic nitrogens is 1. The first-order valence-electron chi connectivity index (χ1n) is 11.6. The number of hydrogen-bond acceptors (Lipinski definition) is 6. The fourth-order valence-corrected chi connectivity index (χ4v) is 8.66. The molecule has 1 aliphatic rings. The summed E-state index contributed by atoms with van der Waals surface area (Å²) in [7, 11) is -8.56. The Morgan fingerprint density at radius 2 is 1.89 bits per heavy atom. The van der Waals surface area contributed by atoms with Crippen LogP contribution in [0.3, 0.4) is 0 Å². The molecule has 2 atom stereocenters. The molecule has 0 aliphatic heterocycles. The second kappa shape index (κ2) is 10.2. The van der Waals surface area contributed by atoms with Crippen molar-refractivity contribution in [2.75, 3.05) is 13.2 Å². The lowest BCUT2D eigenvalue weighted by Crippen LogP contribution is -2.33. The van der Waals surface area contributed by atoms with Crippen LogP contribution in [-0.4, -0.2) is 36.8 Å². The van der Waals surface area contributed by atoms with Crippen molar-refractivity contribution in [3.05, 3.63) is 83.8 Å². The van der Waals surface area contributed by atoms with Gasteiger partial charge in [0, 0.05) is 5.39 Å². The Morgan fingerprint density at radius 1 is 1.14 bits per heavy atom. The molecule has 0 spiro atoms. The summed E-state index contributed by atoms with van der Waals surface area (Å²) >= 11 is 0. The van der Waals surface area contributed by atoms with Crippen LogP contribution in [0, 0.1) is 12.7 Å². The normalized spacial score (nSPS) is 17.3. The van der Waals surface area contributed by atoms with E-state index in [0.717, 1.165) is 15.6 Å². The Kier molecular flexibility index (Phi) is 7.36. The molecular weight excluding hydrogens is 504 g/mol. The first-order valence-corrected chi connectivity index (χ1v) is 14.7. The van der Waals surface area contributed by atoms with E-state index in [2.05, 4.69) is 0 Å². The number of benzene rings is 2. The smallest absolute Gasteiger partial charge is 0.356 e. The maximum atomic E-state index is 15.1. The number of halogens is 1. The van der Waals surface area contributed by atoms with Crippen LogP contribution in [0.15, 0.2) is 66.8 Å². The van der Waals surface area contributed by atoms with Crippen LogP contribution in [0.5, 0.6) is 0 Å². The Bertz CT molecular complexity index is 1540. The molecule has 4 rings (SSSR count). The highest BCUT2D eigenvalue weighted by Crippen LogP contribution is 2.49. The molecule has 0 saturated heterocycles. The number of aryl methyl sites for hydroxylation is 1. The summed E-state index contributed by atoms with van der Waals surface area (Å²) in [4.78, 5) is 13.4. The van der Waals surface area contributed by atoms with E-state index >= 15 is 4.39 Å². The quantitative estimate of drug-likeness (QED) is 0.312. The summed E-state index contributed by atoms with van der Waals surface area (Å²) < 4.78 is 69.7. The van der Waals surface area contributed by atoms with Gasteiger partial charge in [-0.15, -0.1) is 0 Å². The number of carbonyl (C=O) groups is 1. The van der Waals surface area contributed by atoms with Gasteiger partial charge in [-0.25, -0.2) is 21.6 Å². The average molecular weight is 532 g/mol. The zero-order valence-corrected chi connectivity index (χ0v) is 21.9. The van der Waals surface area contributed by atoms with Gasteiger partial charge in [0.25, 0.3) is 7.37 Å². The second-order valence-corrected chi connectivity index (χ2v) is 12.5. The summed E-state index contributed by atoms with van der Waals surface area (Å²) in [5.41, 5.74) is 0.420. The lowest BCUT2D eigenvalue weighted by molar-refractivity contribution is 0.0520. The van der Waals surface area contributed by atoms with E-state index in [9.17, 15) is 17.8 Å². The number of allylic oxidation sites excluding steroid dienone is 3. The highest BCUT2D eigenvalue weighted by atomic mass is 32.2. The zero-order valence-electron chi connectivity index (χ0n) is 20.2. The van der Waals surface area contributed by atoms with Crippen molar-refractivity contribution < 1.29 is 31.4 Å². The number of carbonyl (C=O) groups excluding carboxylic acids is 1. The molecule has 0 saturated carbocycles. The number of rotatable bonds is 8. The number of hydrogen-bond donors (Lipinski definition) is 0. The molecule has 10 heteroatoms. The maximum Gasteiger partial charge on any atom is 0.356 e. The molecule has 1 aliphatic carbocycles. The molecule has 0 bridgehead atoms. The van der Waals surface area contributed by atoms with Gasteiger partial charge >= 0.3 is 5.97 Å². The van der Waals surface area contributed by atoms with Gasteiger partial charge < -0.3 is 9.26 Å². The molecule has 0 N–H and O–H groups in total. The molecule has 2 aromatic carbocycles. The van der Waals surface area contributed by atoms with Crippen molar-refractivity contribution in [2.24, 2.45) is 0 Å². The third kappa shape index (κ3) is 4.36. The fourth-order valence-electron chi connectivity index (χ4n) is 4.34. The van der Waals surface area contributed by atoms with Crippen LogP contribution in [0.25, 0.3) is 10.9 Å². The summed E-state index contributed by atoms with van der Waals surface area (Å²) in [5, 5.41) is -1.20. The second-order valence-electron chi connectivity index (χ2n) is 8.26. The van der Waals surface area contributed by atoms with E-state index in [1.165, 1.54) is 24.3 Å². The number of fused-ring (bicyclic) bond motifs is 1. The van der Waals surface area contributed by atoms with Crippen LogP contribution in [0.4, 0.5) is 4.39 Å². The molecule has 3 aromatic rings. The third-order valence-corrected chi connectivity index (χ3v) is 10.5. The fraction of sp³-hybridized carbons (Fsp3) is 0.269. The van der Waals surface area contributed by atoms with E-state index in [1.807, 2.05) is 0 Å². The Morgan fingerprint density at radius 3 is 2.53 bits per heavy atom. The molecule has 2 unspecified atom stereocenters. The molecular formula is C26H27FNO6PS. The van der Waals surface area contributed by atoms with Crippen molar-refractivity contribution in [1.82, 2.24) is 3.97 Å². The minimum Gasteiger partial charge on any atom is -0.461 e. The van der Waals surface area contributed by atoms with Crippen LogP contribution < -0.4 is 10.6 Å². The van der Waals surface area contributed by atoms with Crippen molar-refractivity contribution in [2.45, 2.75) is 32.4 Å². The van der Waals surface area contributed by atoms with E-state index in [0.29, 0.717) is 0 Å². The molecule has 0 amide bonds. The van der Waals surface area contributed by atoms with E-state index < -0.39 is 40.1 Å². The van der Waals surface area contributed by atoms with Gasteiger partial charge in [0.2, 0.25) is 10.0 Å². The summed E-state index contributed by atoms with van der Waals surface area (Å²) in [6.45, 7) is 4.83. The van der Waals surface area contributed by atoms with E-state index in [1.54, 1.807) is 57.2 Å². The average Bonchev–Trinajstić information content (AvgIpc) is 3.21. The van der Waals surface area contributed by atoms with Crippen LogP contribution >= 0.6 is 7.37 Å². The highest BCUT2D eigenvalue weighted by molar-refractivity contribution is 7.91. The molecule has 36 heavy (non-hydrogen) atoms. The van der Waals surface area contributed by atoms with Gasteiger partial charge in [-0.1, -0.05) is 48.1 Å². The van der Waals surface area contributed by atoms with Gasteiger partial charge in [0.05, 0.1) is 29.3 Å². The highest BCUT2D eigenvalue weighted by Gasteiger charge is 2.43. The van der Waals surface area contributed by atoms with Gasteiger partial charge in [-0.3, -0.25) is 4.57 Å². The van der Waals surface area contributed by atoms with E-state index in [-0.39, 0.29) is 41.1 Å². The monoisotopic (exact) mass is 531 g/mol. The minimum absolute atomic E-state index is 0.0520. The van der Waals surface area contributed by atoms with Gasteiger partial charge in [0.1, 0.15) is 11.1 Å². The van der Waals surface area contributed by atoms with Gasteiger partial charge in [-0.2, -0.15) is 0 Å². The Labute approximate surface area is 209 Å². The lowest BCUT2D eigenvalue weighted by Gasteiger charge is -2.21. The summed E-state index contributed by atoms with van der Waals surface area (Å²) in [6.07, 6.45) is 6.80. The molecule has 0 radical (unpaired) electrons. The zero-order chi connectivity index (χ0) is 26.1. The number of esters is 1. The number of ether oxygens (including phenoxy) is 1. The molecule has 190 valence electrons. The SMILES string of the molecule is CCOC(=O)c1c(P(=O)(OCC)c2ccccc2F)c2cc(C)ccc2n1S(=O)(=O)C1C=CC=CC1. The van der Waals surface area contributed by atoms with Crippen LogP contribution in [0.2, 0.25) is 0 Å². The van der Waals surface area contributed by atoms with Gasteiger partial charge in [-0.05, 0) is 51.5 Å². The van der Waals surface area contributed by atoms with Gasteiger partial charge in [0.15, 0.2) is 5.69 Å². The van der Waals surface area contributed by atoms with E-state index in [4.69, 9.17) is 9.26 Å². The van der Waals surface area contributed by atoms with Crippen LogP contribution in [0.1, 0.15) is 36.3 Å². The lowest BCUT2D eigenvalue weighted by atomic mass is 10.2. The summed E-state index contributed by atoms with van der Waals surface area (Å²) in [5.74, 6) is -1.78. The first kappa shape index (κ1) is 26.1. The van der Waals surface area contributed by atoms with Crippen LogP contribution in [-0.2, 0) is 23.8 Å². The Balaban J connectivity index is 2.19. The molecule has 1 heterocycles. The summed E-state index contributed by atoms with van der Waals surface area (Å²) in [6, 6.07) is 10.3. The minimum atomic E-state index is -4.32. The van der Waals surface area contributed by atoms with Crippen molar-refractivity contribution in [1.29, 1.82) is 0 Å². The third-order valence-electron chi connectivity index (χ3n) is 5.88. The molecule has 0 fully saturated rings. The molecule has 1 aromatic heterocycles. The number of nitrogens with zero attached hydrogens (tertiary/aromatic N) is 1. The van der Waals surface area contributed by atoms with Crippen molar-refractivity contribution in [3.63, 3.8) is 0 Å². The molecule has 7 nitrogen and oxygen atoms in total. The Hall–Kier alpha value is -3.00. The standard InChI is InChI=1S/C26H27FNO6PS/c1-4-33-26(29)24-25(35(30,34-5-2)23-14-10-9-13-21(23)27)20-17-18(3)15-16-22(20)28(24)36(31,32)19-11-7-6-8-12-19/h6-11,13-17,19H,4-5,12H2,1-3H3. The predicted molar refractivity (Wildman–Crippen MR) is 139 cm³/mol. The maximum absolute atomic E-state index is 15.1. The largest absolute Gasteiger partial charge is 0.461 e. The van der Waals surface area contributed by atoms with Crippen molar-refractivity contribution in [3.8, 4) is 0 Å². The predicted octanol–water partition coefficient (Wildman–Crippen LogP) is 4.59. The first-order chi connectivity index (χ1) is 17.2. The van der Waals surface area contributed by atoms with Crippen molar-refractivity contribution >= 4 is 44.9 Å².